The SMILES string of the molecule is C[C@@H](OC1(C2CC2)CC1)[C@H](NC(=O)C(F)(F)F)C(=O)N1CC2C(C1C(=O)N[C@H](C#N)C[C@@H]1CC(C)(C)NC1=O)C2(C)C. The molecule has 232 valence electrons. The highest BCUT2D eigenvalue weighted by Gasteiger charge is 2.70. The van der Waals surface area contributed by atoms with E-state index in [1.54, 1.807) is 0 Å². The van der Waals surface area contributed by atoms with Crippen LogP contribution in [0.1, 0.15) is 73.1 Å². The zero-order chi connectivity index (χ0) is 31.0. The summed E-state index contributed by atoms with van der Waals surface area (Å²) in [5.41, 5.74) is -1.21. The highest BCUT2D eigenvalue weighted by atomic mass is 19.4. The van der Waals surface area contributed by atoms with Crippen LogP contribution in [0.25, 0.3) is 0 Å². The number of amides is 4. The Morgan fingerprint density at radius 1 is 1.17 bits per heavy atom. The minimum Gasteiger partial charge on any atom is -0.369 e. The third kappa shape index (κ3) is 5.71. The van der Waals surface area contributed by atoms with Gasteiger partial charge in [-0.1, -0.05) is 13.8 Å². The number of nitrogens with zero attached hydrogens (tertiary/aromatic N) is 2. The molecule has 3 N–H and O–H groups in total. The van der Waals surface area contributed by atoms with E-state index < -0.39 is 65.2 Å². The molecule has 2 aliphatic heterocycles. The molecule has 13 heteroatoms. The summed E-state index contributed by atoms with van der Waals surface area (Å²) < 4.78 is 46.1. The van der Waals surface area contributed by atoms with E-state index in [1.165, 1.54) is 11.8 Å². The average Bonchev–Trinajstić information content (AvgIpc) is 3.82. The van der Waals surface area contributed by atoms with Crippen LogP contribution in [0.4, 0.5) is 13.2 Å². The molecule has 3 aliphatic carbocycles. The van der Waals surface area contributed by atoms with Crippen LogP contribution in [0, 0.1) is 40.4 Å². The van der Waals surface area contributed by atoms with E-state index in [1.807, 2.05) is 39.1 Å². The summed E-state index contributed by atoms with van der Waals surface area (Å²) >= 11 is 0. The number of halogens is 3. The van der Waals surface area contributed by atoms with Crippen molar-refractivity contribution in [1.82, 2.24) is 20.9 Å². The van der Waals surface area contributed by atoms with Gasteiger partial charge in [-0.3, -0.25) is 19.2 Å². The van der Waals surface area contributed by atoms with E-state index in [-0.39, 0.29) is 36.1 Å². The van der Waals surface area contributed by atoms with Gasteiger partial charge in [0.15, 0.2) is 0 Å². The molecule has 7 atom stereocenters. The zero-order valence-corrected chi connectivity index (χ0v) is 24.6. The molecule has 0 spiro atoms. The second-order valence-corrected chi connectivity index (χ2v) is 14.2. The van der Waals surface area contributed by atoms with Crippen molar-refractivity contribution in [2.75, 3.05) is 6.54 Å². The molecule has 0 aromatic rings. The standard InChI is InChI=1S/C29H40F3N5O5/c1-14(42-28(8-9-28)16-6-7-16)20(35-25(41)29(30,31)32)24(40)37-13-18-19(27(18,4)5)21(37)23(39)34-17(12-33)10-15-11-26(2,3)36-22(15)38/h14-21H,6-11,13H2,1-5H3,(H,34,39)(H,35,41)(H,36,38)/t14-,15-,17+,18?,19?,20+,21?/m1/s1. The van der Waals surface area contributed by atoms with Crippen LogP contribution >= 0.6 is 0 Å². The number of nitrogens with one attached hydrogen (secondary N) is 3. The second kappa shape index (κ2) is 10.1. The van der Waals surface area contributed by atoms with Crippen molar-refractivity contribution >= 4 is 23.6 Å². The fourth-order valence-corrected chi connectivity index (χ4v) is 7.46. The highest BCUT2D eigenvalue weighted by molar-refractivity contribution is 5.95. The van der Waals surface area contributed by atoms with Gasteiger partial charge in [-0.2, -0.15) is 18.4 Å². The van der Waals surface area contributed by atoms with E-state index in [0.717, 1.165) is 25.7 Å². The molecule has 2 heterocycles. The summed E-state index contributed by atoms with van der Waals surface area (Å²) in [4.78, 5) is 53.3. The summed E-state index contributed by atoms with van der Waals surface area (Å²) in [5.74, 6) is -4.40. The topological polar surface area (TPSA) is 141 Å². The minimum atomic E-state index is -5.21. The Morgan fingerprint density at radius 2 is 1.81 bits per heavy atom. The van der Waals surface area contributed by atoms with Gasteiger partial charge in [0.25, 0.3) is 0 Å². The molecule has 3 saturated carbocycles. The Kier molecular flexibility index (Phi) is 7.35. The van der Waals surface area contributed by atoms with Crippen molar-refractivity contribution in [3.63, 3.8) is 0 Å². The number of carbonyl (C=O) groups excluding carboxylic acids is 4. The summed E-state index contributed by atoms with van der Waals surface area (Å²) in [6, 6.07) is -1.66. The van der Waals surface area contributed by atoms with Gasteiger partial charge in [-0.25, -0.2) is 0 Å². The first kappa shape index (κ1) is 30.6. The van der Waals surface area contributed by atoms with Crippen molar-refractivity contribution in [3.05, 3.63) is 0 Å². The number of rotatable bonds is 10. The van der Waals surface area contributed by atoms with E-state index in [0.29, 0.717) is 12.3 Å². The third-order valence-electron chi connectivity index (χ3n) is 10.1. The molecule has 0 aromatic heterocycles. The molecule has 2 saturated heterocycles. The third-order valence-corrected chi connectivity index (χ3v) is 10.1. The van der Waals surface area contributed by atoms with E-state index in [9.17, 15) is 37.6 Å². The van der Waals surface area contributed by atoms with Crippen LogP contribution in [0.15, 0.2) is 0 Å². The highest BCUT2D eigenvalue weighted by Crippen LogP contribution is 2.65. The molecule has 0 radical (unpaired) electrons. The van der Waals surface area contributed by atoms with Crippen molar-refractivity contribution in [2.24, 2.45) is 29.1 Å². The van der Waals surface area contributed by atoms with Crippen LogP contribution in [0.3, 0.4) is 0 Å². The maximum Gasteiger partial charge on any atom is 0.471 e. The molecule has 3 unspecified atom stereocenters. The lowest BCUT2D eigenvalue weighted by molar-refractivity contribution is -0.177. The second-order valence-electron chi connectivity index (χ2n) is 14.2. The molecule has 10 nitrogen and oxygen atoms in total. The fourth-order valence-electron chi connectivity index (χ4n) is 7.46. The van der Waals surface area contributed by atoms with Gasteiger partial charge in [-0.05, 0) is 82.5 Å². The molecule has 0 aromatic carbocycles. The quantitative estimate of drug-likeness (QED) is 0.354. The molecule has 4 amide bonds. The molecule has 0 bridgehead atoms. The van der Waals surface area contributed by atoms with Crippen LogP contribution in [-0.4, -0.2) is 76.6 Å². The first-order valence-corrected chi connectivity index (χ1v) is 14.8. The number of nitriles is 1. The molecule has 42 heavy (non-hydrogen) atoms. The smallest absolute Gasteiger partial charge is 0.369 e. The lowest BCUT2D eigenvalue weighted by atomic mass is 9.91. The molecular formula is C29H40F3N5O5. The number of carbonyl (C=O) groups is 4. The summed E-state index contributed by atoms with van der Waals surface area (Å²) in [6.07, 6.45) is -2.29. The molecular weight excluding hydrogens is 555 g/mol. The summed E-state index contributed by atoms with van der Waals surface area (Å²) in [6.45, 7) is 9.27. The Morgan fingerprint density at radius 3 is 2.31 bits per heavy atom. The van der Waals surface area contributed by atoms with Crippen molar-refractivity contribution in [2.45, 2.75) is 115 Å². The van der Waals surface area contributed by atoms with Crippen LogP contribution in [0.2, 0.25) is 0 Å². The van der Waals surface area contributed by atoms with Gasteiger partial charge in [0.05, 0.1) is 17.8 Å². The number of piperidine rings is 1. The monoisotopic (exact) mass is 595 g/mol. The van der Waals surface area contributed by atoms with Crippen molar-refractivity contribution < 1.29 is 37.1 Å². The van der Waals surface area contributed by atoms with Gasteiger partial charge in [0.1, 0.15) is 18.1 Å². The first-order valence-electron chi connectivity index (χ1n) is 14.8. The van der Waals surface area contributed by atoms with Gasteiger partial charge in [0, 0.05) is 18.0 Å². The lowest BCUT2D eigenvalue weighted by Gasteiger charge is -2.36. The average molecular weight is 596 g/mol. The predicted octanol–water partition coefficient (Wildman–Crippen LogP) is 2.18. The van der Waals surface area contributed by atoms with Crippen LogP contribution in [0.5, 0.6) is 0 Å². The maximum atomic E-state index is 13.9. The fraction of sp³-hybridized carbons (Fsp3) is 0.828. The lowest BCUT2D eigenvalue weighted by Crippen LogP contribution is -2.61. The molecule has 5 fully saturated rings. The number of alkyl halides is 3. The van der Waals surface area contributed by atoms with E-state index in [4.69, 9.17) is 4.74 Å². The maximum absolute atomic E-state index is 13.9. The van der Waals surface area contributed by atoms with Gasteiger partial charge < -0.3 is 25.6 Å². The van der Waals surface area contributed by atoms with Gasteiger partial charge in [-0.15, -0.1) is 0 Å². The van der Waals surface area contributed by atoms with Gasteiger partial charge >= 0.3 is 12.1 Å². The number of fused-ring (bicyclic) bond motifs is 1. The largest absolute Gasteiger partial charge is 0.471 e. The van der Waals surface area contributed by atoms with Crippen LogP contribution < -0.4 is 16.0 Å². The minimum absolute atomic E-state index is 0.0735. The molecule has 5 rings (SSSR count). The predicted molar refractivity (Wildman–Crippen MR) is 142 cm³/mol. The molecule has 5 aliphatic rings. The number of ether oxygens (including phenoxy) is 1. The van der Waals surface area contributed by atoms with Gasteiger partial charge in [0.2, 0.25) is 17.7 Å². The summed E-state index contributed by atoms with van der Waals surface area (Å²) in [7, 11) is 0. The Balaban J connectivity index is 1.34. The zero-order valence-electron chi connectivity index (χ0n) is 24.6. The van der Waals surface area contributed by atoms with Crippen molar-refractivity contribution in [3.8, 4) is 6.07 Å². The Bertz CT molecular complexity index is 1200. The van der Waals surface area contributed by atoms with E-state index in [2.05, 4.69) is 10.6 Å². The van der Waals surface area contributed by atoms with E-state index >= 15 is 0 Å². The normalized spacial score (nSPS) is 32.1. The number of hydrogen-bond donors (Lipinski definition) is 3. The number of hydrogen-bond acceptors (Lipinski definition) is 6. The Hall–Kier alpha value is -2.88. The summed E-state index contributed by atoms with van der Waals surface area (Å²) in [5, 5.41) is 17.2. The van der Waals surface area contributed by atoms with Crippen molar-refractivity contribution in [1.29, 1.82) is 5.26 Å². The number of likely N-dealkylation sites (tertiary alicyclic amines) is 1. The first-order chi connectivity index (χ1) is 19.4. The van der Waals surface area contributed by atoms with Crippen LogP contribution in [-0.2, 0) is 23.9 Å². The Labute approximate surface area is 243 Å².